The first-order valence-corrected chi connectivity index (χ1v) is 9.22. The fourth-order valence-corrected chi connectivity index (χ4v) is 3.27. The van der Waals surface area contributed by atoms with Crippen molar-refractivity contribution < 1.29 is 23.1 Å². The molecule has 0 fully saturated rings. The van der Waals surface area contributed by atoms with Crippen molar-refractivity contribution in [3.8, 4) is 0 Å². The van der Waals surface area contributed by atoms with Gasteiger partial charge >= 0.3 is 0 Å². The number of aliphatic hydroxyl groups is 1. The molecule has 7 nitrogen and oxygen atoms in total. The lowest BCUT2D eigenvalue weighted by atomic mass is 10.3. The van der Waals surface area contributed by atoms with Crippen LogP contribution in [0.15, 0.2) is 39.3 Å². The summed E-state index contributed by atoms with van der Waals surface area (Å²) in [6, 6.07) is 4.41. The minimum atomic E-state index is -3.39. The second kappa shape index (κ2) is 6.81. The van der Waals surface area contributed by atoms with Crippen LogP contribution in [0.3, 0.4) is 0 Å². The van der Waals surface area contributed by atoms with E-state index in [1.54, 1.807) is 13.0 Å². The number of sulfone groups is 1. The van der Waals surface area contributed by atoms with E-state index in [1.165, 1.54) is 12.1 Å². The van der Waals surface area contributed by atoms with E-state index in [0.717, 1.165) is 11.0 Å². The maximum Gasteiger partial charge on any atom is 0.277 e. The Morgan fingerprint density at radius 3 is 2.61 bits per heavy atom. The molecular weight excluding hydrogens is 388 g/mol. The van der Waals surface area contributed by atoms with E-state index in [9.17, 15) is 18.0 Å². The van der Waals surface area contributed by atoms with Gasteiger partial charge in [0.05, 0.1) is 29.5 Å². The molecule has 0 atom stereocenters. The Kier molecular flexibility index (Phi) is 5.23. The van der Waals surface area contributed by atoms with Gasteiger partial charge in [0.25, 0.3) is 11.8 Å². The van der Waals surface area contributed by atoms with Crippen LogP contribution in [0.1, 0.15) is 6.92 Å². The first kappa shape index (κ1) is 17.6. The number of amides is 2. The highest BCUT2D eigenvalue weighted by Gasteiger charge is 2.31. The van der Waals surface area contributed by atoms with Crippen LogP contribution in [0.5, 0.6) is 0 Å². The Morgan fingerprint density at radius 2 is 2.00 bits per heavy atom. The van der Waals surface area contributed by atoms with Gasteiger partial charge in [0.1, 0.15) is 5.70 Å². The van der Waals surface area contributed by atoms with Gasteiger partial charge in [-0.2, -0.15) is 0 Å². The number of benzene rings is 1. The number of β-amino-alcohol motifs (C(OH)–C–C–N with tert-alkyl or cyclic N) is 1. The van der Waals surface area contributed by atoms with Crippen LogP contribution in [-0.4, -0.2) is 49.1 Å². The van der Waals surface area contributed by atoms with E-state index < -0.39 is 21.7 Å². The summed E-state index contributed by atoms with van der Waals surface area (Å²) in [7, 11) is -3.39. The first-order valence-electron chi connectivity index (χ1n) is 6.78. The SMILES string of the molecule is CCS(=O)(=O)c1ccc(Br)c(NC2=CC(=O)N(CCO)C2=O)c1. The Bertz CT molecular complexity index is 788. The molecule has 124 valence electrons. The topological polar surface area (TPSA) is 104 Å². The molecule has 1 aromatic carbocycles. The highest BCUT2D eigenvalue weighted by Crippen LogP contribution is 2.28. The van der Waals surface area contributed by atoms with Crippen molar-refractivity contribution in [3.63, 3.8) is 0 Å². The van der Waals surface area contributed by atoms with E-state index >= 15 is 0 Å². The zero-order valence-electron chi connectivity index (χ0n) is 12.2. The minimum absolute atomic E-state index is 0.0233. The van der Waals surface area contributed by atoms with Crippen molar-refractivity contribution >= 4 is 43.3 Å². The number of nitrogens with zero attached hydrogens (tertiary/aromatic N) is 1. The van der Waals surface area contributed by atoms with Crippen LogP contribution >= 0.6 is 15.9 Å². The standard InChI is InChI=1S/C14H15BrN2O5S/c1-2-23(21,22)9-3-4-10(15)11(7-9)16-12-8-13(19)17(5-6-18)14(12)20/h3-4,7-8,16,18H,2,5-6H2,1H3. The van der Waals surface area contributed by atoms with Crippen LogP contribution < -0.4 is 5.32 Å². The lowest BCUT2D eigenvalue weighted by Gasteiger charge is -2.14. The van der Waals surface area contributed by atoms with Gasteiger partial charge in [-0.15, -0.1) is 0 Å². The first-order chi connectivity index (χ1) is 10.8. The molecule has 1 aromatic rings. The number of hydrogen-bond donors (Lipinski definition) is 2. The van der Waals surface area contributed by atoms with Crippen LogP contribution in [0.4, 0.5) is 5.69 Å². The molecule has 0 aromatic heterocycles. The van der Waals surface area contributed by atoms with E-state index in [4.69, 9.17) is 5.11 Å². The molecule has 0 unspecified atom stereocenters. The molecule has 0 saturated carbocycles. The van der Waals surface area contributed by atoms with Crippen molar-refractivity contribution in [1.29, 1.82) is 0 Å². The van der Waals surface area contributed by atoms with Gasteiger partial charge in [-0.25, -0.2) is 8.42 Å². The summed E-state index contributed by atoms with van der Waals surface area (Å²) < 4.78 is 24.4. The lowest BCUT2D eigenvalue weighted by Crippen LogP contribution is -2.34. The Labute approximate surface area is 142 Å². The number of rotatable bonds is 6. The maximum atomic E-state index is 12.1. The second-order valence-corrected chi connectivity index (χ2v) is 7.88. The molecule has 1 aliphatic rings. The van der Waals surface area contributed by atoms with E-state index in [1.807, 2.05) is 0 Å². The molecule has 9 heteroatoms. The van der Waals surface area contributed by atoms with Crippen LogP contribution in [0.25, 0.3) is 0 Å². The van der Waals surface area contributed by atoms with Gasteiger partial charge in [0, 0.05) is 10.5 Å². The maximum absolute atomic E-state index is 12.1. The quantitative estimate of drug-likeness (QED) is 0.685. The van der Waals surface area contributed by atoms with Crippen molar-refractivity contribution in [1.82, 2.24) is 4.90 Å². The normalized spacial score (nSPS) is 15.1. The third-order valence-corrected chi connectivity index (χ3v) is 5.70. The number of anilines is 1. The van der Waals surface area contributed by atoms with Gasteiger partial charge < -0.3 is 10.4 Å². The molecule has 2 N–H and O–H groups in total. The lowest BCUT2D eigenvalue weighted by molar-refractivity contribution is -0.137. The van der Waals surface area contributed by atoms with Crippen molar-refractivity contribution in [2.75, 3.05) is 24.2 Å². The molecule has 1 heterocycles. The van der Waals surface area contributed by atoms with Gasteiger partial charge in [0.15, 0.2) is 9.84 Å². The predicted octanol–water partition coefficient (Wildman–Crippen LogP) is 0.900. The minimum Gasteiger partial charge on any atom is -0.395 e. The summed E-state index contributed by atoms with van der Waals surface area (Å²) in [4.78, 5) is 24.8. The third kappa shape index (κ3) is 3.62. The number of halogens is 1. The largest absolute Gasteiger partial charge is 0.395 e. The van der Waals surface area contributed by atoms with Crippen LogP contribution in [0, 0.1) is 0 Å². The molecule has 2 amide bonds. The number of nitrogens with one attached hydrogen (secondary N) is 1. The van der Waals surface area contributed by atoms with E-state index in [0.29, 0.717) is 10.2 Å². The molecule has 0 radical (unpaired) electrons. The average Bonchev–Trinajstić information content (AvgIpc) is 2.77. The fourth-order valence-electron chi connectivity index (χ4n) is 2.02. The van der Waals surface area contributed by atoms with E-state index in [-0.39, 0.29) is 29.5 Å². The summed E-state index contributed by atoms with van der Waals surface area (Å²) in [5, 5.41) is 11.6. The molecule has 0 spiro atoms. The van der Waals surface area contributed by atoms with E-state index in [2.05, 4.69) is 21.2 Å². The number of carbonyl (C=O) groups excluding carboxylic acids is 2. The fraction of sp³-hybridized carbons (Fsp3) is 0.286. The predicted molar refractivity (Wildman–Crippen MR) is 87.4 cm³/mol. The smallest absolute Gasteiger partial charge is 0.277 e. The van der Waals surface area contributed by atoms with Gasteiger partial charge in [-0.1, -0.05) is 6.92 Å². The molecular formula is C14H15BrN2O5S. The highest BCUT2D eigenvalue weighted by atomic mass is 79.9. The van der Waals surface area contributed by atoms with Gasteiger partial charge in [-0.05, 0) is 34.1 Å². The zero-order valence-corrected chi connectivity index (χ0v) is 14.6. The van der Waals surface area contributed by atoms with Crippen molar-refractivity contribution in [3.05, 3.63) is 34.4 Å². The summed E-state index contributed by atoms with van der Waals surface area (Å²) in [5.74, 6) is -1.14. The Hall–Kier alpha value is -1.71. The molecule has 0 saturated heterocycles. The Morgan fingerprint density at radius 1 is 1.30 bits per heavy atom. The number of hydrogen-bond acceptors (Lipinski definition) is 6. The average molecular weight is 403 g/mol. The number of aliphatic hydroxyl groups excluding tert-OH is 1. The number of carbonyl (C=O) groups is 2. The molecule has 0 aliphatic carbocycles. The van der Waals surface area contributed by atoms with Crippen molar-refractivity contribution in [2.24, 2.45) is 0 Å². The molecule has 23 heavy (non-hydrogen) atoms. The zero-order chi connectivity index (χ0) is 17.2. The van der Waals surface area contributed by atoms with Crippen LogP contribution in [-0.2, 0) is 19.4 Å². The van der Waals surface area contributed by atoms with Crippen LogP contribution in [0.2, 0.25) is 0 Å². The summed E-state index contributed by atoms with van der Waals surface area (Å²) in [5.41, 5.74) is 0.382. The monoisotopic (exact) mass is 402 g/mol. The summed E-state index contributed by atoms with van der Waals surface area (Å²) >= 11 is 3.27. The Balaban J connectivity index is 2.31. The summed E-state index contributed by atoms with van der Waals surface area (Å²) in [6.45, 7) is 1.12. The third-order valence-electron chi connectivity index (χ3n) is 3.28. The molecule has 0 bridgehead atoms. The number of imide groups is 1. The summed E-state index contributed by atoms with van der Waals surface area (Å²) in [6.07, 6.45) is 1.12. The highest BCUT2D eigenvalue weighted by molar-refractivity contribution is 9.10. The second-order valence-electron chi connectivity index (χ2n) is 4.75. The molecule has 2 rings (SSSR count). The van der Waals surface area contributed by atoms with Gasteiger partial charge in [-0.3, -0.25) is 14.5 Å². The molecule has 1 aliphatic heterocycles. The van der Waals surface area contributed by atoms with Crippen molar-refractivity contribution in [2.45, 2.75) is 11.8 Å². The van der Waals surface area contributed by atoms with Gasteiger partial charge in [0.2, 0.25) is 0 Å².